The van der Waals surface area contributed by atoms with Crippen molar-refractivity contribution in [3.8, 4) is 5.95 Å². The van der Waals surface area contributed by atoms with Crippen LogP contribution < -0.4 is 11.1 Å². The summed E-state index contributed by atoms with van der Waals surface area (Å²) in [6.45, 7) is 2.17. The van der Waals surface area contributed by atoms with Crippen LogP contribution in [0.2, 0.25) is 0 Å². The summed E-state index contributed by atoms with van der Waals surface area (Å²) in [4.78, 5) is 16.7. The van der Waals surface area contributed by atoms with Gasteiger partial charge in [-0.1, -0.05) is 19.8 Å². The second-order valence-electron chi connectivity index (χ2n) is 5.22. The zero-order valence-electron chi connectivity index (χ0n) is 11.5. The van der Waals surface area contributed by atoms with Gasteiger partial charge in [0, 0.05) is 18.4 Å². The van der Waals surface area contributed by atoms with Crippen LogP contribution in [0.25, 0.3) is 5.95 Å². The minimum absolute atomic E-state index is 0.215. The first-order chi connectivity index (χ1) is 9.74. The smallest absolute Gasteiger partial charge is 0.241 e. The van der Waals surface area contributed by atoms with Gasteiger partial charge in [0.15, 0.2) is 0 Å². The lowest BCUT2D eigenvalue weighted by molar-refractivity contribution is 0.582. The summed E-state index contributed by atoms with van der Waals surface area (Å²) in [7, 11) is 0. The molecule has 106 valence electrons. The molecule has 0 aromatic carbocycles. The van der Waals surface area contributed by atoms with E-state index in [1.807, 2.05) is 0 Å². The van der Waals surface area contributed by atoms with E-state index in [4.69, 9.17) is 5.73 Å². The molecule has 0 spiro atoms. The van der Waals surface area contributed by atoms with Crippen molar-refractivity contribution >= 4 is 11.9 Å². The molecule has 0 saturated heterocycles. The third-order valence-corrected chi connectivity index (χ3v) is 3.52. The Hall–Kier alpha value is -2.18. The summed E-state index contributed by atoms with van der Waals surface area (Å²) in [5, 5.41) is 3.37. The second-order valence-corrected chi connectivity index (χ2v) is 5.22. The highest BCUT2D eigenvalue weighted by molar-refractivity contribution is 5.35. The highest BCUT2D eigenvalue weighted by atomic mass is 15.3. The Morgan fingerprint density at radius 3 is 2.90 bits per heavy atom. The predicted octanol–water partition coefficient (Wildman–Crippen LogP) is 1.63. The maximum atomic E-state index is 5.76. The molecule has 7 heteroatoms. The largest absolute Gasteiger partial charge is 0.368 e. The van der Waals surface area contributed by atoms with Gasteiger partial charge in [0.1, 0.15) is 6.33 Å². The van der Waals surface area contributed by atoms with Gasteiger partial charge in [-0.2, -0.15) is 15.0 Å². The van der Waals surface area contributed by atoms with Crippen molar-refractivity contribution in [3.05, 3.63) is 18.7 Å². The molecule has 1 unspecified atom stereocenters. The average Bonchev–Trinajstić information content (AvgIpc) is 3.07. The third-order valence-electron chi connectivity index (χ3n) is 3.52. The van der Waals surface area contributed by atoms with Crippen LogP contribution in [0.3, 0.4) is 0 Å². The standard InChI is InChI=1S/C13H19N7/c1-2-10(7-9-3-4-9)16-12-17-11(14)18-13(19-12)20-6-5-15-8-20/h5-6,8-10H,2-4,7H2,1H3,(H3,14,16,17,18,19). The van der Waals surface area contributed by atoms with Crippen LogP contribution in [0.4, 0.5) is 11.9 Å². The summed E-state index contributed by atoms with van der Waals surface area (Å²) >= 11 is 0. The molecule has 0 aliphatic heterocycles. The molecule has 0 bridgehead atoms. The third kappa shape index (κ3) is 3.04. The fraction of sp³-hybridized carbons (Fsp3) is 0.538. The Morgan fingerprint density at radius 1 is 1.40 bits per heavy atom. The van der Waals surface area contributed by atoms with E-state index in [0.29, 0.717) is 17.9 Å². The van der Waals surface area contributed by atoms with Crippen molar-refractivity contribution < 1.29 is 0 Å². The molecule has 1 saturated carbocycles. The van der Waals surface area contributed by atoms with Gasteiger partial charge >= 0.3 is 0 Å². The van der Waals surface area contributed by atoms with E-state index in [0.717, 1.165) is 12.3 Å². The SMILES string of the molecule is CCC(CC1CC1)Nc1nc(N)nc(-n2ccnc2)n1. The van der Waals surface area contributed by atoms with Crippen LogP contribution in [0.1, 0.15) is 32.6 Å². The minimum atomic E-state index is 0.215. The predicted molar refractivity (Wildman–Crippen MR) is 76.4 cm³/mol. The molecule has 0 radical (unpaired) electrons. The molecule has 1 aliphatic rings. The van der Waals surface area contributed by atoms with Crippen molar-refractivity contribution in [2.45, 2.75) is 38.6 Å². The molecule has 0 amide bonds. The van der Waals surface area contributed by atoms with Crippen molar-refractivity contribution in [2.24, 2.45) is 5.92 Å². The van der Waals surface area contributed by atoms with Crippen LogP contribution in [0.15, 0.2) is 18.7 Å². The Morgan fingerprint density at radius 2 is 2.25 bits per heavy atom. The Labute approximate surface area is 117 Å². The molecule has 2 aromatic rings. The van der Waals surface area contributed by atoms with Gasteiger partial charge in [0.25, 0.3) is 0 Å². The number of nitrogens with one attached hydrogen (secondary N) is 1. The van der Waals surface area contributed by atoms with E-state index >= 15 is 0 Å². The molecule has 20 heavy (non-hydrogen) atoms. The lowest BCUT2D eigenvalue weighted by atomic mass is 10.1. The second kappa shape index (κ2) is 5.44. The Bertz CT molecular complexity index is 562. The fourth-order valence-corrected chi connectivity index (χ4v) is 2.20. The first kappa shape index (κ1) is 12.8. The maximum Gasteiger partial charge on any atom is 0.241 e. The van der Waals surface area contributed by atoms with E-state index in [-0.39, 0.29) is 5.95 Å². The summed E-state index contributed by atoms with van der Waals surface area (Å²) in [5.74, 6) is 2.10. The highest BCUT2D eigenvalue weighted by Gasteiger charge is 2.25. The average molecular weight is 273 g/mol. The van der Waals surface area contributed by atoms with Crippen LogP contribution in [0.5, 0.6) is 0 Å². The topological polar surface area (TPSA) is 94.5 Å². The number of rotatable bonds is 6. The van der Waals surface area contributed by atoms with Crippen LogP contribution in [0, 0.1) is 5.92 Å². The van der Waals surface area contributed by atoms with Crippen molar-refractivity contribution in [1.29, 1.82) is 0 Å². The van der Waals surface area contributed by atoms with Gasteiger partial charge in [-0.05, 0) is 18.8 Å². The number of nitrogens with zero attached hydrogens (tertiary/aromatic N) is 5. The number of aromatic nitrogens is 5. The van der Waals surface area contributed by atoms with Gasteiger partial charge in [-0.3, -0.25) is 4.57 Å². The molecule has 1 atom stereocenters. The molecule has 2 aromatic heterocycles. The number of nitrogen functional groups attached to an aromatic ring is 1. The minimum Gasteiger partial charge on any atom is -0.368 e. The first-order valence-electron chi connectivity index (χ1n) is 7.01. The van der Waals surface area contributed by atoms with E-state index in [9.17, 15) is 0 Å². The van der Waals surface area contributed by atoms with Crippen LogP contribution in [-0.2, 0) is 0 Å². The van der Waals surface area contributed by atoms with Gasteiger partial charge in [-0.25, -0.2) is 4.98 Å². The highest BCUT2D eigenvalue weighted by Crippen LogP contribution is 2.34. The van der Waals surface area contributed by atoms with E-state index < -0.39 is 0 Å². The Balaban J connectivity index is 1.78. The summed E-state index contributed by atoms with van der Waals surface area (Å²) < 4.78 is 1.71. The number of hydrogen-bond donors (Lipinski definition) is 2. The van der Waals surface area contributed by atoms with Crippen molar-refractivity contribution in [3.63, 3.8) is 0 Å². The molecule has 3 rings (SSSR count). The summed E-state index contributed by atoms with van der Waals surface area (Å²) in [6, 6.07) is 0.389. The quantitative estimate of drug-likeness (QED) is 0.830. The fourth-order valence-electron chi connectivity index (χ4n) is 2.20. The van der Waals surface area contributed by atoms with Crippen molar-refractivity contribution in [2.75, 3.05) is 11.1 Å². The molecule has 2 heterocycles. The molecule has 3 N–H and O–H groups in total. The first-order valence-corrected chi connectivity index (χ1v) is 7.01. The monoisotopic (exact) mass is 273 g/mol. The molecule has 7 nitrogen and oxygen atoms in total. The zero-order valence-corrected chi connectivity index (χ0v) is 11.5. The van der Waals surface area contributed by atoms with Gasteiger partial charge in [-0.15, -0.1) is 0 Å². The van der Waals surface area contributed by atoms with Gasteiger partial charge in [0.05, 0.1) is 0 Å². The normalized spacial score (nSPS) is 16.1. The lowest BCUT2D eigenvalue weighted by Crippen LogP contribution is -2.22. The Kier molecular flexibility index (Phi) is 3.49. The van der Waals surface area contributed by atoms with Crippen LogP contribution in [-0.4, -0.2) is 30.5 Å². The number of nitrogens with two attached hydrogens (primary N) is 1. The maximum absolute atomic E-state index is 5.76. The van der Waals surface area contributed by atoms with Crippen LogP contribution >= 0.6 is 0 Å². The number of anilines is 2. The molecular weight excluding hydrogens is 254 g/mol. The molecule has 1 aliphatic carbocycles. The van der Waals surface area contributed by atoms with E-state index in [1.54, 1.807) is 23.3 Å². The van der Waals surface area contributed by atoms with Crippen molar-refractivity contribution in [1.82, 2.24) is 24.5 Å². The number of hydrogen-bond acceptors (Lipinski definition) is 6. The van der Waals surface area contributed by atoms with Gasteiger partial charge in [0.2, 0.25) is 17.8 Å². The molecule has 1 fully saturated rings. The molecular formula is C13H19N7. The van der Waals surface area contributed by atoms with E-state index in [1.165, 1.54) is 19.3 Å². The summed E-state index contributed by atoms with van der Waals surface area (Å²) in [6.07, 6.45) is 10.00. The summed E-state index contributed by atoms with van der Waals surface area (Å²) in [5.41, 5.74) is 5.76. The van der Waals surface area contributed by atoms with Gasteiger partial charge < -0.3 is 11.1 Å². The van der Waals surface area contributed by atoms with E-state index in [2.05, 4.69) is 32.2 Å². The number of imidazole rings is 1. The zero-order chi connectivity index (χ0) is 13.9. The lowest BCUT2D eigenvalue weighted by Gasteiger charge is -2.16.